The standard InChI is InChI=1S/C23H22N6O2/c1-15-16(2)25-22(27-21(15)30)29-20(13-19(28-29)18-11-7-4-8-12-18)26-23(31)24-14-17-9-5-3-6-10-17/h3-13H,14H2,1-2H3,(H2,24,26,31)(H,25,27,30). The molecule has 8 nitrogen and oxygen atoms in total. The van der Waals surface area contributed by atoms with Gasteiger partial charge in [0.1, 0.15) is 5.82 Å². The fraction of sp³-hybridized carbons (Fsp3) is 0.130. The molecule has 4 rings (SSSR count). The molecule has 0 aliphatic heterocycles. The van der Waals surface area contributed by atoms with Crippen LogP contribution in [0, 0.1) is 13.8 Å². The summed E-state index contributed by atoms with van der Waals surface area (Å²) < 4.78 is 1.43. The average Bonchev–Trinajstić information content (AvgIpc) is 3.21. The van der Waals surface area contributed by atoms with Crippen molar-refractivity contribution in [3.05, 3.63) is 93.9 Å². The van der Waals surface area contributed by atoms with Crippen LogP contribution in [-0.2, 0) is 6.54 Å². The molecule has 0 bridgehead atoms. The molecule has 2 amide bonds. The third kappa shape index (κ3) is 4.53. The van der Waals surface area contributed by atoms with Crippen molar-refractivity contribution >= 4 is 11.8 Å². The van der Waals surface area contributed by atoms with Crippen molar-refractivity contribution in [3.63, 3.8) is 0 Å². The highest BCUT2D eigenvalue weighted by atomic mass is 16.2. The summed E-state index contributed by atoms with van der Waals surface area (Å²) in [5.41, 5.74) is 3.37. The number of nitrogens with zero attached hydrogens (tertiary/aromatic N) is 3. The van der Waals surface area contributed by atoms with E-state index in [4.69, 9.17) is 0 Å². The predicted octanol–water partition coefficient (Wildman–Crippen LogP) is 3.56. The van der Waals surface area contributed by atoms with Gasteiger partial charge < -0.3 is 5.32 Å². The number of hydrogen-bond acceptors (Lipinski definition) is 4. The summed E-state index contributed by atoms with van der Waals surface area (Å²) in [6.45, 7) is 3.85. The van der Waals surface area contributed by atoms with Crippen LogP contribution in [0.25, 0.3) is 17.2 Å². The van der Waals surface area contributed by atoms with Crippen LogP contribution in [0.15, 0.2) is 71.5 Å². The fourth-order valence-electron chi connectivity index (χ4n) is 3.05. The van der Waals surface area contributed by atoms with Gasteiger partial charge in [-0.25, -0.2) is 9.78 Å². The average molecular weight is 414 g/mol. The van der Waals surface area contributed by atoms with Gasteiger partial charge in [0.05, 0.1) is 5.69 Å². The Morgan fingerprint density at radius 3 is 2.39 bits per heavy atom. The van der Waals surface area contributed by atoms with Crippen LogP contribution in [0.5, 0.6) is 0 Å². The number of anilines is 1. The number of carbonyl (C=O) groups is 1. The van der Waals surface area contributed by atoms with Crippen LogP contribution in [-0.4, -0.2) is 25.8 Å². The Morgan fingerprint density at radius 2 is 1.71 bits per heavy atom. The highest BCUT2D eigenvalue weighted by Gasteiger charge is 2.16. The molecule has 0 saturated heterocycles. The van der Waals surface area contributed by atoms with Gasteiger partial charge in [-0.3, -0.25) is 15.1 Å². The fourth-order valence-corrected chi connectivity index (χ4v) is 3.05. The maximum atomic E-state index is 12.5. The summed E-state index contributed by atoms with van der Waals surface area (Å²) in [6.07, 6.45) is 0. The van der Waals surface area contributed by atoms with Crippen molar-refractivity contribution in [2.75, 3.05) is 5.32 Å². The molecule has 0 aliphatic rings. The molecule has 2 aromatic carbocycles. The van der Waals surface area contributed by atoms with E-state index in [1.807, 2.05) is 60.7 Å². The lowest BCUT2D eigenvalue weighted by molar-refractivity contribution is 0.251. The summed E-state index contributed by atoms with van der Waals surface area (Å²) in [7, 11) is 0. The van der Waals surface area contributed by atoms with Gasteiger partial charge >= 0.3 is 6.03 Å². The van der Waals surface area contributed by atoms with E-state index in [0.29, 0.717) is 29.3 Å². The third-order valence-corrected chi connectivity index (χ3v) is 4.90. The lowest BCUT2D eigenvalue weighted by Gasteiger charge is -2.10. The Hall–Kier alpha value is -4.20. The van der Waals surface area contributed by atoms with Crippen LogP contribution in [0.2, 0.25) is 0 Å². The largest absolute Gasteiger partial charge is 0.334 e. The normalized spacial score (nSPS) is 10.6. The van der Waals surface area contributed by atoms with E-state index < -0.39 is 6.03 Å². The zero-order valence-electron chi connectivity index (χ0n) is 17.2. The summed E-state index contributed by atoms with van der Waals surface area (Å²) in [6, 6.07) is 20.5. The van der Waals surface area contributed by atoms with E-state index in [1.54, 1.807) is 19.9 Å². The first-order valence-electron chi connectivity index (χ1n) is 9.83. The first-order valence-corrected chi connectivity index (χ1v) is 9.83. The monoisotopic (exact) mass is 414 g/mol. The van der Waals surface area contributed by atoms with Crippen molar-refractivity contribution < 1.29 is 4.79 Å². The summed E-state index contributed by atoms with van der Waals surface area (Å²) >= 11 is 0. The molecule has 0 aliphatic carbocycles. The molecule has 31 heavy (non-hydrogen) atoms. The second-order valence-corrected chi connectivity index (χ2v) is 7.09. The highest BCUT2D eigenvalue weighted by Crippen LogP contribution is 2.23. The first-order chi connectivity index (χ1) is 15.0. The van der Waals surface area contributed by atoms with Crippen molar-refractivity contribution in [3.8, 4) is 17.2 Å². The number of aryl methyl sites for hydroxylation is 1. The first kappa shape index (κ1) is 20.1. The molecular formula is C23H22N6O2. The van der Waals surface area contributed by atoms with Crippen LogP contribution in [0.3, 0.4) is 0 Å². The second-order valence-electron chi connectivity index (χ2n) is 7.09. The van der Waals surface area contributed by atoms with E-state index in [9.17, 15) is 9.59 Å². The number of rotatable bonds is 5. The molecule has 3 N–H and O–H groups in total. The number of aromatic nitrogens is 4. The van der Waals surface area contributed by atoms with Gasteiger partial charge in [-0.1, -0.05) is 60.7 Å². The van der Waals surface area contributed by atoms with Gasteiger partial charge in [0.2, 0.25) is 5.95 Å². The maximum absolute atomic E-state index is 12.5. The third-order valence-electron chi connectivity index (χ3n) is 4.90. The molecule has 0 saturated carbocycles. The smallest absolute Gasteiger partial charge is 0.320 e. The molecule has 2 aromatic heterocycles. The Kier molecular flexibility index (Phi) is 5.61. The van der Waals surface area contributed by atoms with Gasteiger partial charge in [0.25, 0.3) is 5.56 Å². The quantitative estimate of drug-likeness (QED) is 0.464. The molecule has 0 atom stereocenters. The van der Waals surface area contributed by atoms with Crippen molar-refractivity contribution in [2.24, 2.45) is 0 Å². The summed E-state index contributed by atoms with van der Waals surface area (Å²) in [5.74, 6) is 0.615. The van der Waals surface area contributed by atoms with E-state index in [0.717, 1.165) is 11.1 Å². The van der Waals surface area contributed by atoms with Crippen LogP contribution >= 0.6 is 0 Å². The van der Waals surface area contributed by atoms with Crippen LogP contribution in [0.4, 0.5) is 10.6 Å². The van der Waals surface area contributed by atoms with Crippen molar-refractivity contribution in [1.29, 1.82) is 0 Å². The Labute approximate surface area is 179 Å². The summed E-state index contributed by atoms with van der Waals surface area (Å²) in [5, 5.41) is 10.2. The number of urea groups is 1. The SMILES string of the molecule is Cc1nc(-n2nc(-c3ccccc3)cc2NC(=O)NCc2ccccc2)[nH]c(=O)c1C. The lowest BCUT2D eigenvalue weighted by atomic mass is 10.2. The zero-order chi connectivity index (χ0) is 21.8. The molecule has 0 radical (unpaired) electrons. The van der Waals surface area contributed by atoms with E-state index in [-0.39, 0.29) is 11.5 Å². The van der Waals surface area contributed by atoms with E-state index in [1.165, 1.54) is 4.68 Å². The highest BCUT2D eigenvalue weighted by molar-refractivity contribution is 5.89. The molecule has 0 spiro atoms. The Balaban J connectivity index is 1.66. The predicted molar refractivity (Wildman–Crippen MR) is 119 cm³/mol. The number of hydrogen-bond donors (Lipinski definition) is 3. The van der Waals surface area contributed by atoms with E-state index in [2.05, 4.69) is 25.7 Å². The van der Waals surface area contributed by atoms with Gasteiger partial charge in [-0.2, -0.15) is 9.78 Å². The van der Waals surface area contributed by atoms with Gasteiger partial charge in [-0.05, 0) is 19.4 Å². The Bertz CT molecular complexity index is 1260. The summed E-state index contributed by atoms with van der Waals surface area (Å²) in [4.78, 5) is 32.0. The Morgan fingerprint density at radius 1 is 1.03 bits per heavy atom. The minimum Gasteiger partial charge on any atom is -0.334 e. The minimum absolute atomic E-state index is 0.230. The molecule has 4 aromatic rings. The zero-order valence-corrected chi connectivity index (χ0v) is 17.2. The molecular weight excluding hydrogens is 392 g/mol. The van der Waals surface area contributed by atoms with Crippen molar-refractivity contribution in [1.82, 2.24) is 25.1 Å². The number of benzene rings is 2. The van der Waals surface area contributed by atoms with Gasteiger partial charge in [0, 0.05) is 29.4 Å². The molecule has 8 heteroatoms. The second kappa shape index (κ2) is 8.66. The number of carbonyl (C=O) groups excluding carboxylic acids is 1. The number of amides is 2. The topological polar surface area (TPSA) is 105 Å². The lowest BCUT2D eigenvalue weighted by Crippen LogP contribution is -2.29. The van der Waals surface area contributed by atoms with Crippen molar-refractivity contribution in [2.45, 2.75) is 20.4 Å². The van der Waals surface area contributed by atoms with Gasteiger partial charge in [0.15, 0.2) is 0 Å². The number of aromatic amines is 1. The van der Waals surface area contributed by atoms with Gasteiger partial charge in [-0.15, -0.1) is 0 Å². The molecule has 156 valence electrons. The molecule has 0 fully saturated rings. The maximum Gasteiger partial charge on any atom is 0.320 e. The van der Waals surface area contributed by atoms with Crippen LogP contribution in [0.1, 0.15) is 16.8 Å². The molecule has 2 heterocycles. The van der Waals surface area contributed by atoms with Crippen LogP contribution < -0.4 is 16.2 Å². The number of nitrogens with one attached hydrogen (secondary N) is 3. The molecule has 0 unspecified atom stereocenters. The number of H-pyrrole nitrogens is 1. The van der Waals surface area contributed by atoms with E-state index >= 15 is 0 Å². The minimum atomic E-state index is -0.393.